The molecule has 4 nitrogen and oxygen atoms in total. The van der Waals surface area contributed by atoms with Crippen LogP contribution in [0.5, 0.6) is 0 Å². The first kappa shape index (κ1) is 24.3. The van der Waals surface area contributed by atoms with Crippen LogP contribution in [0.15, 0.2) is 30.3 Å². The maximum atomic E-state index is 10.6. The normalized spacial score (nSPS) is 17.4. The van der Waals surface area contributed by atoms with Crippen LogP contribution in [0.25, 0.3) is 0 Å². The average molecular weight is 397 g/mol. The summed E-state index contributed by atoms with van der Waals surface area (Å²) >= 11 is 0. The molecular formula is C22H40O4Si. The topological polar surface area (TPSA) is 58.9 Å². The van der Waals surface area contributed by atoms with Gasteiger partial charge in [0.25, 0.3) is 0 Å². The minimum atomic E-state index is -1.97. The predicted octanol–water partition coefficient (Wildman–Crippen LogP) is 4.61. The van der Waals surface area contributed by atoms with Gasteiger partial charge < -0.3 is 19.4 Å². The second-order valence-corrected chi connectivity index (χ2v) is 14.0. The van der Waals surface area contributed by atoms with Crippen LogP contribution in [0.3, 0.4) is 0 Å². The SMILES string of the molecule is C[C@@H]([C@H](O)[C@H](C)CO)[C@H](CCOCc1ccccc1)O[Si](C)(C)C(C)(C)C. The highest BCUT2D eigenvalue weighted by molar-refractivity contribution is 6.74. The Labute approximate surface area is 167 Å². The third kappa shape index (κ3) is 7.66. The minimum absolute atomic E-state index is 0.0250. The van der Waals surface area contributed by atoms with Crippen molar-refractivity contribution in [3.8, 4) is 0 Å². The highest BCUT2D eigenvalue weighted by Crippen LogP contribution is 2.39. The Kier molecular flexibility index (Phi) is 9.65. The lowest BCUT2D eigenvalue weighted by molar-refractivity contribution is -0.0270. The van der Waals surface area contributed by atoms with Crippen molar-refractivity contribution in [2.24, 2.45) is 11.8 Å². The lowest BCUT2D eigenvalue weighted by atomic mass is 9.88. The van der Waals surface area contributed by atoms with Crippen LogP contribution < -0.4 is 0 Å². The molecule has 27 heavy (non-hydrogen) atoms. The third-order valence-corrected chi connectivity index (χ3v) is 10.4. The van der Waals surface area contributed by atoms with Gasteiger partial charge in [0, 0.05) is 25.0 Å². The first-order chi connectivity index (χ1) is 12.5. The summed E-state index contributed by atoms with van der Waals surface area (Å²) in [5.41, 5.74) is 1.15. The summed E-state index contributed by atoms with van der Waals surface area (Å²) in [7, 11) is -1.97. The zero-order valence-corrected chi connectivity index (χ0v) is 19.2. The number of hydrogen-bond acceptors (Lipinski definition) is 4. The fraction of sp³-hybridized carbons (Fsp3) is 0.727. The van der Waals surface area contributed by atoms with E-state index < -0.39 is 14.4 Å². The Morgan fingerprint density at radius 1 is 1.07 bits per heavy atom. The predicted molar refractivity (Wildman–Crippen MR) is 114 cm³/mol. The van der Waals surface area contributed by atoms with Crippen molar-refractivity contribution < 1.29 is 19.4 Å². The molecule has 4 atom stereocenters. The Morgan fingerprint density at radius 3 is 2.19 bits per heavy atom. The number of ether oxygens (including phenoxy) is 1. The second kappa shape index (κ2) is 10.7. The molecule has 156 valence electrons. The molecule has 0 bridgehead atoms. The van der Waals surface area contributed by atoms with E-state index in [2.05, 4.69) is 46.0 Å². The van der Waals surface area contributed by atoms with Gasteiger partial charge in [0.2, 0.25) is 0 Å². The molecule has 1 rings (SSSR count). The van der Waals surface area contributed by atoms with Gasteiger partial charge in [0.05, 0.1) is 18.8 Å². The summed E-state index contributed by atoms with van der Waals surface area (Å²) in [6.07, 6.45) is 0.0416. The molecule has 0 spiro atoms. The molecule has 0 unspecified atom stereocenters. The van der Waals surface area contributed by atoms with Crippen LogP contribution in [0.4, 0.5) is 0 Å². The molecule has 0 heterocycles. The van der Waals surface area contributed by atoms with Crippen LogP contribution >= 0.6 is 0 Å². The summed E-state index contributed by atoms with van der Waals surface area (Å²) in [6.45, 7) is 16.2. The van der Waals surface area contributed by atoms with E-state index in [9.17, 15) is 10.2 Å². The quantitative estimate of drug-likeness (QED) is 0.424. The number of benzene rings is 1. The highest BCUT2D eigenvalue weighted by Gasteiger charge is 2.41. The number of rotatable bonds is 11. The summed E-state index contributed by atoms with van der Waals surface area (Å²) in [6, 6.07) is 10.1. The smallest absolute Gasteiger partial charge is 0.192 e. The lowest BCUT2D eigenvalue weighted by Gasteiger charge is -2.42. The first-order valence-corrected chi connectivity index (χ1v) is 13.0. The van der Waals surface area contributed by atoms with Gasteiger partial charge in [0.15, 0.2) is 8.32 Å². The lowest BCUT2D eigenvalue weighted by Crippen LogP contribution is -2.48. The maximum Gasteiger partial charge on any atom is 0.192 e. The number of aliphatic hydroxyl groups excluding tert-OH is 2. The van der Waals surface area contributed by atoms with Crippen molar-refractivity contribution in [3.05, 3.63) is 35.9 Å². The molecule has 0 fully saturated rings. The molecule has 0 aliphatic heterocycles. The molecule has 0 aliphatic carbocycles. The molecule has 2 N–H and O–H groups in total. The molecule has 0 saturated heterocycles. The molecule has 0 aliphatic rings. The summed E-state index contributed by atoms with van der Waals surface area (Å²) in [5.74, 6) is -0.239. The summed E-state index contributed by atoms with van der Waals surface area (Å²) < 4.78 is 12.5. The van der Waals surface area contributed by atoms with Crippen molar-refractivity contribution in [2.45, 2.75) is 78.0 Å². The third-order valence-electron chi connectivity index (χ3n) is 5.91. The van der Waals surface area contributed by atoms with Gasteiger partial charge in [0.1, 0.15) is 0 Å². The van der Waals surface area contributed by atoms with Gasteiger partial charge in [-0.1, -0.05) is 65.0 Å². The molecule has 1 aromatic carbocycles. The van der Waals surface area contributed by atoms with Crippen molar-refractivity contribution in [3.63, 3.8) is 0 Å². The van der Waals surface area contributed by atoms with E-state index >= 15 is 0 Å². The Balaban J connectivity index is 2.74. The zero-order chi connectivity index (χ0) is 20.7. The molecule has 5 heteroatoms. The molecule has 0 amide bonds. The van der Waals surface area contributed by atoms with E-state index in [1.165, 1.54) is 0 Å². The van der Waals surface area contributed by atoms with E-state index in [1.54, 1.807) is 0 Å². The molecule has 0 aromatic heterocycles. The van der Waals surface area contributed by atoms with Gasteiger partial charge in [-0.2, -0.15) is 0 Å². The molecular weight excluding hydrogens is 356 g/mol. The Morgan fingerprint density at radius 2 is 1.67 bits per heavy atom. The van der Waals surface area contributed by atoms with Crippen LogP contribution in [-0.2, 0) is 15.8 Å². The number of aliphatic hydroxyl groups is 2. The van der Waals surface area contributed by atoms with Crippen LogP contribution in [0, 0.1) is 11.8 Å². The van der Waals surface area contributed by atoms with Gasteiger partial charge >= 0.3 is 0 Å². The highest BCUT2D eigenvalue weighted by atomic mass is 28.4. The standard InChI is InChI=1S/C22H40O4Si/c1-17(15-23)21(24)18(2)20(26-27(6,7)22(3,4)5)13-14-25-16-19-11-9-8-10-12-19/h8-12,17-18,20-21,23-24H,13-16H2,1-7H3/t17-,18-,20+,21-/m1/s1. The van der Waals surface area contributed by atoms with Crippen molar-refractivity contribution in [1.82, 2.24) is 0 Å². The van der Waals surface area contributed by atoms with Gasteiger partial charge in [-0.3, -0.25) is 0 Å². The average Bonchev–Trinajstić information content (AvgIpc) is 2.62. The fourth-order valence-electron chi connectivity index (χ4n) is 2.79. The van der Waals surface area contributed by atoms with Crippen LogP contribution in [-0.4, -0.2) is 44.0 Å². The second-order valence-electron chi connectivity index (χ2n) is 9.25. The van der Waals surface area contributed by atoms with Crippen molar-refractivity contribution in [1.29, 1.82) is 0 Å². The minimum Gasteiger partial charge on any atom is -0.413 e. The van der Waals surface area contributed by atoms with Crippen LogP contribution in [0.1, 0.15) is 46.6 Å². The Bertz CT molecular complexity index is 527. The van der Waals surface area contributed by atoms with Gasteiger partial charge in [-0.05, 0) is 30.1 Å². The van der Waals surface area contributed by atoms with E-state index in [4.69, 9.17) is 9.16 Å². The van der Waals surface area contributed by atoms with Crippen LogP contribution in [0.2, 0.25) is 18.1 Å². The van der Waals surface area contributed by atoms with E-state index in [0.717, 1.165) is 12.0 Å². The first-order valence-electron chi connectivity index (χ1n) is 10.1. The Hall–Kier alpha value is -0.723. The van der Waals surface area contributed by atoms with Crippen molar-refractivity contribution in [2.75, 3.05) is 13.2 Å². The summed E-state index contributed by atoms with van der Waals surface area (Å²) in [4.78, 5) is 0. The van der Waals surface area contributed by atoms with E-state index in [0.29, 0.717) is 13.2 Å². The molecule has 1 aromatic rings. The van der Waals surface area contributed by atoms with E-state index in [-0.39, 0.29) is 29.6 Å². The van der Waals surface area contributed by atoms with Crippen molar-refractivity contribution >= 4 is 8.32 Å². The van der Waals surface area contributed by atoms with Gasteiger partial charge in [-0.25, -0.2) is 0 Å². The maximum absolute atomic E-state index is 10.6. The number of hydrogen-bond donors (Lipinski definition) is 2. The van der Waals surface area contributed by atoms with Gasteiger partial charge in [-0.15, -0.1) is 0 Å². The largest absolute Gasteiger partial charge is 0.413 e. The zero-order valence-electron chi connectivity index (χ0n) is 18.2. The van der Waals surface area contributed by atoms with E-state index in [1.807, 2.05) is 32.0 Å². The molecule has 0 radical (unpaired) electrons. The molecule has 0 saturated carbocycles. The monoisotopic (exact) mass is 396 g/mol. The summed E-state index contributed by atoms with van der Waals surface area (Å²) in [5, 5.41) is 20.1. The fourth-order valence-corrected chi connectivity index (χ4v) is 4.24.